The summed E-state index contributed by atoms with van der Waals surface area (Å²) in [5, 5.41) is 13.0. The minimum absolute atomic E-state index is 0. The Morgan fingerprint density at radius 1 is 1.22 bits per heavy atom. The third-order valence-electron chi connectivity index (χ3n) is 4.24. The first-order chi connectivity index (χ1) is 12.1. The Labute approximate surface area is 170 Å². The zero-order valence-corrected chi connectivity index (χ0v) is 16.6. The molecule has 27 heavy (non-hydrogen) atoms. The summed E-state index contributed by atoms with van der Waals surface area (Å²) in [7, 11) is 0. The number of rotatable bonds is 6. The third-order valence-corrected chi connectivity index (χ3v) is 4.24. The molecule has 0 radical (unpaired) electrons. The first kappa shape index (κ1) is 22.9. The van der Waals surface area contributed by atoms with Crippen LogP contribution in [-0.4, -0.2) is 39.2 Å². The van der Waals surface area contributed by atoms with E-state index in [1.54, 1.807) is 31.2 Å². The monoisotopic (exact) mass is 414 g/mol. The second-order valence-electron chi connectivity index (χ2n) is 6.16. The fourth-order valence-electron chi connectivity index (χ4n) is 2.79. The highest BCUT2D eigenvalue weighted by molar-refractivity contribution is 5.94. The van der Waals surface area contributed by atoms with Gasteiger partial charge in [-0.3, -0.25) is 9.59 Å². The van der Waals surface area contributed by atoms with Crippen LogP contribution in [0.1, 0.15) is 32.2 Å². The predicted molar refractivity (Wildman–Crippen MR) is 109 cm³/mol. The molecule has 2 aromatic rings. The van der Waals surface area contributed by atoms with Gasteiger partial charge in [0.1, 0.15) is 18.7 Å². The second kappa shape index (κ2) is 10.9. The number of hydrogen-bond acceptors (Lipinski definition) is 5. The minimum Gasteiger partial charge on any atom is -0.326 e. The lowest BCUT2D eigenvalue weighted by atomic mass is 10.1. The van der Waals surface area contributed by atoms with E-state index >= 15 is 0 Å². The Kier molecular flexibility index (Phi) is 9.20. The molecule has 0 bridgehead atoms. The Balaban J connectivity index is 0.00000182. The first-order valence-corrected chi connectivity index (χ1v) is 8.40. The molecule has 8 nitrogen and oxygen atoms in total. The zero-order valence-electron chi connectivity index (χ0n) is 14.9. The third kappa shape index (κ3) is 6.50. The molecule has 2 atom stereocenters. The highest BCUT2D eigenvalue weighted by Crippen LogP contribution is 2.16. The zero-order chi connectivity index (χ0) is 17.6. The number of halogens is 2. The maximum Gasteiger partial charge on any atom is 0.249 e. The van der Waals surface area contributed by atoms with E-state index in [0.29, 0.717) is 17.8 Å². The standard InChI is InChI=1S/C17H22N6O2.2ClH/c1-12(23-11-18-10-20-23)17(25)22-14-6-4-13(5-7-14)21-16(24)9-15-3-2-8-19-15;;/h4-7,10-12,15,19H,2-3,8-9H2,1H3,(H,21,24)(H,22,25);2*1H. The van der Waals surface area contributed by atoms with Crippen LogP contribution in [0.3, 0.4) is 0 Å². The molecule has 0 saturated carbocycles. The van der Waals surface area contributed by atoms with Gasteiger partial charge in [-0.05, 0) is 50.6 Å². The molecule has 0 aliphatic carbocycles. The number of hydrogen-bond donors (Lipinski definition) is 3. The van der Waals surface area contributed by atoms with Crippen molar-refractivity contribution in [3.05, 3.63) is 36.9 Å². The van der Waals surface area contributed by atoms with E-state index in [9.17, 15) is 9.59 Å². The van der Waals surface area contributed by atoms with Crippen molar-refractivity contribution in [1.29, 1.82) is 0 Å². The summed E-state index contributed by atoms with van der Waals surface area (Å²) in [5.74, 6) is -0.189. The number of aromatic nitrogens is 3. The lowest BCUT2D eigenvalue weighted by Gasteiger charge is -2.13. The van der Waals surface area contributed by atoms with Gasteiger partial charge in [0.05, 0.1) is 0 Å². The number of nitrogens with one attached hydrogen (secondary N) is 3. The normalized spacial score (nSPS) is 16.6. The van der Waals surface area contributed by atoms with Crippen molar-refractivity contribution in [3.63, 3.8) is 0 Å². The maximum atomic E-state index is 12.2. The van der Waals surface area contributed by atoms with Gasteiger partial charge in [-0.25, -0.2) is 9.67 Å². The Morgan fingerprint density at radius 2 is 1.89 bits per heavy atom. The summed E-state index contributed by atoms with van der Waals surface area (Å²) in [4.78, 5) is 28.0. The van der Waals surface area contributed by atoms with Gasteiger partial charge in [0, 0.05) is 23.8 Å². The van der Waals surface area contributed by atoms with Crippen molar-refractivity contribution in [3.8, 4) is 0 Å². The van der Waals surface area contributed by atoms with Gasteiger partial charge in [0.2, 0.25) is 11.8 Å². The lowest BCUT2D eigenvalue weighted by Crippen LogP contribution is -2.27. The number of nitrogens with zero attached hydrogens (tertiary/aromatic N) is 3. The van der Waals surface area contributed by atoms with Crippen molar-refractivity contribution >= 4 is 48.0 Å². The summed E-state index contributed by atoms with van der Waals surface area (Å²) in [5.41, 5.74) is 1.37. The van der Waals surface area contributed by atoms with E-state index in [4.69, 9.17) is 0 Å². The summed E-state index contributed by atoms with van der Waals surface area (Å²) in [6, 6.07) is 6.88. The van der Waals surface area contributed by atoms with Crippen LogP contribution in [0.2, 0.25) is 0 Å². The second-order valence-corrected chi connectivity index (χ2v) is 6.16. The molecule has 2 unspecified atom stereocenters. The van der Waals surface area contributed by atoms with Crippen LogP contribution in [0.25, 0.3) is 0 Å². The van der Waals surface area contributed by atoms with Gasteiger partial charge in [-0.2, -0.15) is 5.10 Å². The Bertz CT molecular complexity index is 718. The van der Waals surface area contributed by atoms with Crippen LogP contribution in [0.4, 0.5) is 11.4 Å². The number of carbonyl (C=O) groups is 2. The van der Waals surface area contributed by atoms with Crippen LogP contribution in [-0.2, 0) is 9.59 Å². The molecule has 0 spiro atoms. The molecule has 3 rings (SSSR count). The number of amides is 2. The molecular weight excluding hydrogens is 391 g/mol. The van der Waals surface area contributed by atoms with Crippen molar-refractivity contribution in [2.24, 2.45) is 0 Å². The van der Waals surface area contributed by atoms with Crippen molar-refractivity contribution in [2.75, 3.05) is 17.2 Å². The number of benzene rings is 1. The van der Waals surface area contributed by atoms with Crippen LogP contribution >= 0.6 is 24.8 Å². The highest BCUT2D eigenvalue weighted by atomic mass is 35.5. The molecule has 1 fully saturated rings. The summed E-state index contributed by atoms with van der Waals surface area (Å²) >= 11 is 0. The average molecular weight is 415 g/mol. The van der Waals surface area contributed by atoms with Crippen molar-refractivity contribution < 1.29 is 9.59 Å². The van der Waals surface area contributed by atoms with E-state index in [1.165, 1.54) is 17.3 Å². The average Bonchev–Trinajstić information content (AvgIpc) is 3.29. The molecule has 1 aliphatic rings. The fourth-order valence-corrected chi connectivity index (χ4v) is 2.79. The topological polar surface area (TPSA) is 101 Å². The number of anilines is 2. The van der Waals surface area contributed by atoms with Crippen LogP contribution < -0.4 is 16.0 Å². The molecule has 1 aliphatic heterocycles. The molecule has 148 valence electrons. The van der Waals surface area contributed by atoms with E-state index in [0.717, 1.165) is 19.4 Å². The Hall–Kier alpha value is -2.16. The van der Waals surface area contributed by atoms with Crippen LogP contribution in [0.15, 0.2) is 36.9 Å². The molecule has 2 amide bonds. The van der Waals surface area contributed by atoms with Gasteiger partial charge < -0.3 is 16.0 Å². The SMILES string of the molecule is CC(C(=O)Nc1ccc(NC(=O)CC2CCCN2)cc1)n1cncn1.Cl.Cl. The van der Waals surface area contributed by atoms with E-state index < -0.39 is 6.04 Å². The molecule has 1 saturated heterocycles. The Morgan fingerprint density at radius 3 is 2.44 bits per heavy atom. The molecule has 3 N–H and O–H groups in total. The predicted octanol–water partition coefficient (Wildman–Crippen LogP) is 2.40. The molecule has 1 aromatic heterocycles. The molecule has 10 heteroatoms. The van der Waals surface area contributed by atoms with Gasteiger partial charge >= 0.3 is 0 Å². The van der Waals surface area contributed by atoms with Crippen molar-refractivity contribution in [1.82, 2.24) is 20.1 Å². The highest BCUT2D eigenvalue weighted by Gasteiger charge is 2.18. The summed E-state index contributed by atoms with van der Waals surface area (Å²) in [6.45, 7) is 2.73. The first-order valence-electron chi connectivity index (χ1n) is 8.40. The van der Waals surface area contributed by atoms with E-state index in [1.807, 2.05) is 0 Å². The van der Waals surface area contributed by atoms with Crippen molar-refractivity contribution in [2.45, 2.75) is 38.3 Å². The molecular formula is C17H24Cl2N6O2. The van der Waals surface area contributed by atoms with E-state index in [-0.39, 0.29) is 42.7 Å². The van der Waals surface area contributed by atoms with Crippen LogP contribution in [0.5, 0.6) is 0 Å². The maximum absolute atomic E-state index is 12.2. The van der Waals surface area contributed by atoms with Gasteiger partial charge in [0.25, 0.3) is 0 Å². The lowest BCUT2D eigenvalue weighted by molar-refractivity contribution is -0.119. The number of carbonyl (C=O) groups excluding carboxylic acids is 2. The quantitative estimate of drug-likeness (QED) is 0.673. The minimum atomic E-state index is -0.458. The van der Waals surface area contributed by atoms with Gasteiger partial charge in [-0.1, -0.05) is 0 Å². The van der Waals surface area contributed by atoms with Crippen LogP contribution in [0, 0.1) is 0 Å². The van der Waals surface area contributed by atoms with E-state index in [2.05, 4.69) is 26.0 Å². The molecule has 2 heterocycles. The fraction of sp³-hybridized carbons (Fsp3) is 0.412. The summed E-state index contributed by atoms with van der Waals surface area (Å²) < 4.78 is 1.49. The summed E-state index contributed by atoms with van der Waals surface area (Å²) in [6.07, 6.45) is 5.54. The molecule has 1 aromatic carbocycles. The van der Waals surface area contributed by atoms with Gasteiger partial charge in [-0.15, -0.1) is 24.8 Å². The van der Waals surface area contributed by atoms with Gasteiger partial charge in [0.15, 0.2) is 0 Å². The largest absolute Gasteiger partial charge is 0.326 e. The smallest absolute Gasteiger partial charge is 0.249 e.